The molecule has 0 spiro atoms. The minimum absolute atomic E-state index is 0.234. The second-order valence-electron chi connectivity index (χ2n) is 8.53. The first-order valence-corrected chi connectivity index (χ1v) is 8.82. The molecule has 5 atom stereocenters. The molecule has 0 bridgehead atoms. The Morgan fingerprint density at radius 3 is 2.57 bits per heavy atom. The minimum Gasteiger partial charge on any atom is -0.366 e. The fourth-order valence-electron chi connectivity index (χ4n) is 4.97. The number of allylic oxidation sites excluding steroid dienone is 4. The van der Waals surface area contributed by atoms with Gasteiger partial charge in [-0.15, -0.1) is 0 Å². The molecule has 0 aromatic heterocycles. The molecule has 21 heavy (non-hydrogen) atoms. The van der Waals surface area contributed by atoms with Gasteiger partial charge >= 0.3 is 0 Å². The molecule has 0 N–H and O–H groups in total. The minimum atomic E-state index is 0.234. The summed E-state index contributed by atoms with van der Waals surface area (Å²) < 4.78 is 5.98. The number of ether oxygens (including phenoxy) is 1. The lowest BCUT2D eigenvalue weighted by Gasteiger charge is -2.33. The van der Waals surface area contributed by atoms with Crippen molar-refractivity contribution in [2.45, 2.75) is 84.8 Å². The molecule has 2 aliphatic carbocycles. The van der Waals surface area contributed by atoms with Crippen molar-refractivity contribution >= 4 is 0 Å². The Bertz CT molecular complexity index is 470. The summed E-state index contributed by atoms with van der Waals surface area (Å²) in [6.45, 7) is 11.6. The van der Waals surface area contributed by atoms with Crippen molar-refractivity contribution in [2.75, 3.05) is 0 Å². The maximum Gasteiger partial charge on any atom is 0.0920 e. The molecule has 1 saturated heterocycles. The predicted molar refractivity (Wildman–Crippen MR) is 89.3 cm³/mol. The van der Waals surface area contributed by atoms with Gasteiger partial charge in [-0.2, -0.15) is 0 Å². The third-order valence-corrected chi connectivity index (χ3v) is 6.60. The first-order valence-electron chi connectivity index (χ1n) is 8.82. The van der Waals surface area contributed by atoms with Gasteiger partial charge in [0.2, 0.25) is 0 Å². The van der Waals surface area contributed by atoms with Crippen LogP contribution in [0.3, 0.4) is 0 Å². The summed E-state index contributed by atoms with van der Waals surface area (Å²) in [5, 5.41) is 0. The van der Waals surface area contributed by atoms with Crippen LogP contribution in [0.1, 0.15) is 73.1 Å². The molecule has 3 rings (SSSR count). The third-order valence-electron chi connectivity index (χ3n) is 6.60. The molecule has 0 radical (unpaired) electrons. The largest absolute Gasteiger partial charge is 0.366 e. The molecule has 1 nitrogen and oxygen atoms in total. The van der Waals surface area contributed by atoms with Crippen LogP contribution in [0.4, 0.5) is 0 Å². The summed E-state index contributed by atoms with van der Waals surface area (Å²) in [4.78, 5) is 0. The Morgan fingerprint density at radius 1 is 1.10 bits per heavy atom. The Hall–Kier alpha value is -0.560. The van der Waals surface area contributed by atoms with Crippen molar-refractivity contribution in [1.29, 1.82) is 0 Å². The number of hydrogen-bond acceptors (Lipinski definition) is 1. The van der Waals surface area contributed by atoms with E-state index in [1.807, 2.05) is 0 Å². The highest BCUT2D eigenvalue weighted by atomic mass is 16.6. The van der Waals surface area contributed by atoms with Crippen molar-refractivity contribution in [1.82, 2.24) is 0 Å². The Morgan fingerprint density at radius 2 is 1.86 bits per heavy atom. The van der Waals surface area contributed by atoms with Crippen molar-refractivity contribution in [2.24, 2.45) is 17.3 Å². The van der Waals surface area contributed by atoms with E-state index in [1.165, 1.54) is 37.7 Å². The maximum absolute atomic E-state index is 5.98. The SMILES string of the molecule is CC(C)=CC/C=C(\C)[C@H]1CC[C@@]2(C)C[C@@H]3O[C@]3(C)CC[C@H]12. The average Bonchev–Trinajstić information content (AvgIpc) is 2.91. The zero-order valence-electron chi connectivity index (χ0n) is 14.5. The number of hydrogen-bond donors (Lipinski definition) is 0. The normalized spacial score (nSPS) is 45.6. The van der Waals surface area contributed by atoms with Crippen LogP contribution < -0.4 is 0 Å². The zero-order valence-corrected chi connectivity index (χ0v) is 14.5. The highest BCUT2D eigenvalue weighted by Crippen LogP contribution is 2.61. The van der Waals surface area contributed by atoms with Gasteiger partial charge in [0.25, 0.3) is 0 Å². The Labute approximate surface area is 130 Å². The Balaban J connectivity index is 1.72. The van der Waals surface area contributed by atoms with E-state index in [2.05, 4.69) is 46.8 Å². The fraction of sp³-hybridized carbons (Fsp3) is 0.800. The molecule has 0 amide bonds. The van der Waals surface area contributed by atoms with Crippen molar-refractivity contribution in [3.05, 3.63) is 23.3 Å². The summed E-state index contributed by atoms with van der Waals surface area (Å²) in [6.07, 6.45) is 13.2. The number of rotatable bonds is 3. The van der Waals surface area contributed by atoms with E-state index in [4.69, 9.17) is 4.74 Å². The molecule has 0 aromatic rings. The Kier molecular flexibility index (Phi) is 3.84. The smallest absolute Gasteiger partial charge is 0.0920 e. The van der Waals surface area contributed by atoms with Crippen LogP contribution in [0.25, 0.3) is 0 Å². The maximum atomic E-state index is 5.98. The van der Waals surface area contributed by atoms with E-state index in [-0.39, 0.29) is 5.60 Å². The monoisotopic (exact) mass is 288 g/mol. The lowest BCUT2D eigenvalue weighted by Crippen LogP contribution is -2.26. The van der Waals surface area contributed by atoms with Crippen molar-refractivity contribution < 1.29 is 4.74 Å². The molecule has 0 unspecified atom stereocenters. The van der Waals surface area contributed by atoms with Gasteiger partial charge in [0, 0.05) is 0 Å². The van der Waals surface area contributed by atoms with Gasteiger partial charge in [0.15, 0.2) is 0 Å². The van der Waals surface area contributed by atoms with Gasteiger partial charge in [0.05, 0.1) is 11.7 Å². The molecule has 3 fully saturated rings. The van der Waals surface area contributed by atoms with E-state index in [9.17, 15) is 0 Å². The van der Waals surface area contributed by atoms with Crippen LogP contribution in [0.5, 0.6) is 0 Å². The van der Waals surface area contributed by atoms with Crippen molar-refractivity contribution in [3.8, 4) is 0 Å². The molecule has 3 aliphatic rings. The highest BCUT2D eigenvalue weighted by molar-refractivity contribution is 5.17. The number of epoxide rings is 1. The van der Waals surface area contributed by atoms with Crippen LogP contribution >= 0.6 is 0 Å². The molecular weight excluding hydrogens is 256 g/mol. The average molecular weight is 288 g/mol. The second kappa shape index (κ2) is 5.26. The molecule has 118 valence electrons. The zero-order chi connectivity index (χ0) is 15.3. The summed E-state index contributed by atoms with van der Waals surface area (Å²) >= 11 is 0. The van der Waals surface area contributed by atoms with Gasteiger partial charge < -0.3 is 4.74 Å². The van der Waals surface area contributed by atoms with Gasteiger partial charge in [0.1, 0.15) is 0 Å². The molecule has 1 heteroatoms. The lowest BCUT2D eigenvalue weighted by atomic mass is 9.72. The standard InChI is InChI=1S/C20H32O/c1-14(2)7-6-8-15(3)16-9-11-19(4)13-18-20(5,21-18)12-10-17(16)19/h7-8,16-18H,6,9-13H2,1-5H3/b15-8+/t16-,17-,18+,19+,20-/m1/s1. The van der Waals surface area contributed by atoms with E-state index < -0.39 is 0 Å². The van der Waals surface area contributed by atoms with Gasteiger partial charge in [-0.05, 0) is 83.5 Å². The summed E-state index contributed by atoms with van der Waals surface area (Å²) in [5.74, 6) is 1.70. The summed E-state index contributed by atoms with van der Waals surface area (Å²) in [5.41, 5.74) is 3.82. The fourth-order valence-corrected chi connectivity index (χ4v) is 4.97. The summed E-state index contributed by atoms with van der Waals surface area (Å²) in [7, 11) is 0. The predicted octanol–water partition coefficient (Wildman–Crippen LogP) is 5.66. The van der Waals surface area contributed by atoms with Crippen LogP contribution in [0.15, 0.2) is 23.3 Å². The third kappa shape index (κ3) is 2.86. The van der Waals surface area contributed by atoms with Gasteiger partial charge in [-0.1, -0.05) is 30.2 Å². The molecular formula is C20H32O. The molecule has 1 heterocycles. The van der Waals surface area contributed by atoms with Crippen LogP contribution in [-0.2, 0) is 4.74 Å². The van der Waals surface area contributed by atoms with Crippen LogP contribution in [0.2, 0.25) is 0 Å². The second-order valence-corrected chi connectivity index (χ2v) is 8.53. The van der Waals surface area contributed by atoms with E-state index >= 15 is 0 Å². The first kappa shape index (κ1) is 15.3. The van der Waals surface area contributed by atoms with Crippen LogP contribution in [0, 0.1) is 17.3 Å². The van der Waals surface area contributed by atoms with Gasteiger partial charge in [-0.25, -0.2) is 0 Å². The molecule has 2 saturated carbocycles. The van der Waals surface area contributed by atoms with E-state index in [0.29, 0.717) is 11.5 Å². The topological polar surface area (TPSA) is 12.5 Å². The highest BCUT2D eigenvalue weighted by Gasteiger charge is 2.60. The number of fused-ring (bicyclic) bond motifs is 2. The van der Waals surface area contributed by atoms with Gasteiger partial charge in [-0.3, -0.25) is 0 Å². The first-order chi connectivity index (χ1) is 9.84. The van der Waals surface area contributed by atoms with E-state index in [0.717, 1.165) is 18.3 Å². The van der Waals surface area contributed by atoms with E-state index in [1.54, 1.807) is 5.57 Å². The summed E-state index contributed by atoms with van der Waals surface area (Å²) in [6, 6.07) is 0. The molecule has 1 aliphatic heterocycles. The lowest BCUT2D eigenvalue weighted by molar-refractivity contribution is 0.141. The molecule has 0 aromatic carbocycles. The quantitative estimate of drug-likeness (QED) is 0.482. The van der Waals surface area contributed by atoms with Crippen molar-refractivity contribution in [3.63, 3.8) is 0 Å². The van der Waals surface area contributed by atoms with Crippen LogP contribution in [-0.4, -0.2) is 11.7 Å².